The van der Waals surface area contributed by atoms with Crippen molar-refractivity contribution in [2.45, 2.75) is 83.4 Å². The predicted octanol–water partition coefficient (Wildman–Crippen LogP) is 4.55. The Kier molecular flexibility index (Phi) is 9.49. The van der Waals surface area contributed by atoms with E-state index in [0.29, 0.717) is 55.6 Å². The Balaban J connectivity index is 0.977. The number of anilines is 1. The van der Waals surface area contributed by atoms with Gasteiger partial charge in [0.05, 0.1) is 0 Å². The zero-order valence-electron chi connectivity index (χ0n) is 28.5. The van der Waals surface area contributed by atoms with Crippen LogP contribution in [0.1, 0.15) is 97.1 Å². The summed E-state index contributed by atoms with van der Waals surface area (Å²) >= 11 is 0. The molecule has 0 aromatic heterocycles. The molecule has 4 heterocycles. The fourth-order valence-corrected chi connectivity index (χ4v) is 7.44. The molecule has 1 atom stereocenters. The molecule has 0 radical (unpaired) electrons. The summed E-state index contributed by atoms with van der Waals surface area (Å²) in [5.41, 5.74) is 4.03. The fourth-order valence-electron chi connectivity index (χ4n) is 7.44. The molecule has 0 bridgehead atoms. The van der Waals surface area contributed by atoms with Crippen LogP contribution in [0.15, 0.2) is 42.5 Å². The van der Waals surface area contributed by atoms with E-state index in [9.17, 15) is 24.0 Å². The van der Waals surface area contributed by atoms with Gasteiger partial charge in [0.2, 0.25) is 11.8 Å². The van der Waals surface area contributed by atoms with Crippen molar-refractivity contribution in [2.24, 2.45) is 5.92 Å². The number of nitrogens with one attached hydrogen (secondary N) is 1. The van der Waals surface area contributed by atoms with Gasteiger partial charge in [0.1, 0.15) is 11.6 Å². The average Bonchev–Trinajstić information content (AvgIpc) is 3.39. The molecule has 5 amide bonds. The highest BCUT2D eigenvalue weighted by Gasteiger charge is 2.39. The second kappa shape index (κ2) is 13.6. The van der Waals surface area contributed by atoms with Crippen LogP contribution in [0, 0.1) is 5.92 Å². The van der Waals surface area contributed by atoms with Gasteiger partial charge < -0.3 is 24.3 Å². The summed E-state index contributed by atoms with van der Waals surface area (Å²) in [6.45, 7) is 9.70. The van der Waals surface area contributed by atoms with Crippen molar-refractivity contribution in [2.75, 3.05) is 44.7 Å². The van der Waals surface area contributed by atoms with Gasteiger partial charge >= 0.3 is 6.09 Å². The zero-order chi connectivity index (χ0) is 34.2. The molecule has 3 saturated heterocycles. The van der Waals surface area contributed by atoms with Crippen molar-refractivity contribution < 1.29 is 28.7 Å². The SMILES string of the molecule is CN(CC1CCN(C(=O)OC(C)(C)C)CC1)C(=O)c1ccc(C2CCN(c3ccc4c(c3)CN(C3CCC(=O)NC3=O)C4=O)CC2)cc1. The van der Waals surface area contributed by atoms with E-state index < -0.39 is 17.6 Å². The third-order valence-electron chi connectivity index (χ3n) is 10.1. The van der Waals surface area contributed by atoms with Crippen molar-refractivity contribution in [1.82, 2.24) is 20.0 Å². The molecule has 1 N–H and O–H groups in total. The summed E-state index contributed by atoms with van der Waals surface area (Å²) in [7, 11) is 1.85. The first-order valence-corrected chi connectivity index (χ1v) is 17.2. The second-order valence-corrected chi connectivity index (χ2v) is 14.7. The molecule has 2 aromatic rings. The lowest BCUT2D eigenvalue weighted by Crippen LogP contribution is -2.52. The molecule has 0 saturated carbocycles. The molecular formula is C37H47N5O6. The van der Waals surface area contributed by atoms with E-state index in [4.69, 9.17) is 4.74 Å². The summed E-state index contributed by atoms with van der Waals surface area (Å²) in [6, 6.07) is 13.4. The minimum atomic E-state index is -0.612. The first-order valence-electron chi connectivity index (χ1n) is 17.2. The van der Waals surface area contributed by atoms with Crippen molar-refractivity contribution in [3.05, 3.63) is 64.7 Å². The minimum absolute atomic E-state index is 0.0113. The fraction of sp³-hybridized carbons (Fsp3) is 0.541. The van der Waals surface area contributed by atoms with Crippen molar-refractivity contribution in [3.8, 4) is 0 Å². The second-order valence-electron chi connectivity index (χ2n) is 14.7. The Hall–Kier alpha value is -4.41. The number of nitrogens with zero attached hydrogens (tertiary/aromatic N) is 4. The van der Waals surface area contributed by atoms with E-state index in [2.05, 4.69) is 28.4 Å². The van der Waals surface area contributed by atoms with Crippen LogP contribution in [0.4, 0.5) is 10.5 Å². The molecule has 4 aliphatic rings. The number of ether oxygens (including phenoxy) is 1. The molecule has 2 aromatic carbocycles. The van der Waals surface area contributed by atoms with Crippen LogP contribution < -0.4 is 10.2 Å². The molecule has 0 spiro atoms. The predicted molar refractivity (Wildman–Crippen MR) is 181 cm³/mol. The summed E-state index contributed by atoms with van der Waals surface area (Å²) in [6.07, 6.45) is 3.98. The first-order chi connectivity index (χ1) is 22.9. The van der Waals surface area contributed by atoms with E-state index in [-0.39, 0.29) is 30.2 Å². The average molecular weight is 658 g/mol. The van der Waals surface area contributed by atoms with Crippen LogP contribution in [0.3, 0.4) is 0 Å². The van der Waals surface area contributed by atoms with Gasteiger partial charge in [-0.25, -0.2) is 4.79 Å². The number of carbonyl (C=O) groups is 5. The molecule has 6 rings (SSSR count). The minimum Gasteiger partial charge on any atom is -0.444 e. The maximum absolute atomic E-state index is 13.3. The summed E-state index contributed by atoms with van der Waals surface area (Å²) in [5.74, 6) is -0.0801. The number of imide groups is 1. The highest BCUT2D eigenvalue weighted by Crippen LogP contribution is 2.34. The van der Waals surface area contributed by atoms with Gasteiger partial charge in [0.25, 0.3) is 11.8 Å². The molecule has 256 valence electrons. The lowest BCUT2D eigenvalue weighted by molar-refractivity contribution is -0.136. The number of hydrogen-bond donors (Lipinski definition) is 1. The number of carbonyl (C=O) groups excluding carboxylic acids is 5. The van der Waals surface area contributed by atoms with Gasteiger partial charge in [-0.15, -0.1) is 0 Å². The summed E-state index contributed by atoms with van der Waals surface area (Å²) < 4.78 is 5.50. The molecule has 11 nitrogen and oxygen atoms in total. The third kappa shape index (κ3) is 7.34. The van der Waals surface area contributed by atoms with Gasteiger partial charge in [0.15, 0.2) is 0 Å². The smallest absolute Gasteiger partial charge is 0.410 e. The van der Waals surface area contributed by atoms with Crippen LogP contribution in [0.2, 0.25) is 0 Å². The third-order valence-corrected chi connectivity index (χ3v) is 10.1. The number of likely N-dealkylation sites (tertiary alicyclic amines) is 1. The highest BCUT2D eigenvalue weighted by molar-refractivity contribution is 6.05. The monoisotopic (exact) mass is 657 g/mol. The zero-order valence-corrected chi connectivity index (χ0v) is 28.5. The van der Waals surface area contributed by atoms with Crippen LogP contribution in [-0.2, 0) is 20.9 Å². The Morgan fingerprint density at radius 1 is 0.917 bits per heavy atom. The van der Waals surface area contributed by atoms with Crippen LogP contribution in [0.5, 0.6) is 0 Å². The van der Waals surface area contributed by atoms with Crippen molar-refractivity contribution in [3.63, 3.8) is 0 Å². The Labute approximate surface area is 282 Å². The van der Waals surface area contributed by atoms with E-state index in [1.165, 1.54) is 5.56 Å². The maximum atomic E-state index is 13.3. The maximum Gasteiger partial charge on any atom is 0.410 e. The number of fused-ring (bicyclic) bond motifs is 1. The summed E-state index contributed by atoms with van der Waals surface area (Å²) in [4.78, 5) is 70.2. The molecule has 11 heteroatoms. The molecular weight excluding hydrogens is 610 g/mol. The highest BCUT2D eigenvalue weighted by atomic mass is 16.6. The molecule has 3 fully saturated rings. The summed E-state index contributed by atoms with van der Waals surface area (Å²) in [5, 5.41) is 2.36. The van der Waals surface area contributed by atoms with E-state index in [1.54, 1.807) is 14.7 Å². The Morgan fingerprint density at radius 2 is 1.60 bits per heavy atom. The van der Waals surface area contributed by atoms with Crippen LogP contribution >= 0.6 is 0 Å². The van der Waals surface area contributed by atoms with Crippen LogP contribution in [-0.4, -0.2) is 95.8 Å². The number of hydrogen-bond acceptors (Lipinski definition) is 7. The number of piperidine rings is 3. The topological polar surface area (TPSA) is 120 Å². The number of rotatable bonds is 6. The van der Waals surface area contributed by atoms with Gasteiger partial charge in [-0.05, 0) is 106 Å². The normalized spacial score (nSPS) is 20.9. The molecule has 4 aliphatic heterocycles. The first kappa shape index (κ1) is 33.5. The Bertz CT molecular complexity index is 1570. The number of benzene rings is 2. The lowest BCUT2D eigenvalue weighted by atomic mass is 9.88. The van der Waals surface area contributed by atoms with Gasteiger partial charge in [0, 0.05) is 69.6 Å². The van der Waals surface area contributed by atoms with Gasteiger partial charge in [-0.3, -0.25) is 24.5 Å². The standard InChI is InChI=1S/C37H47N5O6/c1-37(2,3)48-36(47)41-17-13-24(14-18-41)22-39(4)34(45)27-7-5-25(6-8-27)26-15-19-40(20-16-26)29-9-10-30-28(21-29)23-42(35(30)46)31-11-12-32(43)38-33(31)44/h5-10,21,24,26,31H,11-20,22-23H2,1-4H3,(H,38,43,44). The van der Waals surface area contributed by atoms with Crippen LogP contribution in [0.25, 0.3) is 0 Å². The van der Waals surface area contributed by atoms with E-state index in [0.717, 1.165) is 50.0 Å². The van der Waals surface area contributed by atoms with Crippen molar-refractivity contribution >= 4 is 35.4 Å². The molecule has 1 unspecified atom stereocenters. The van der Waals surface area contributed by atoms with Crippen molar-refractivity contribution in [1.29, 1.82) is 0 Å². The lowest BCUT2D eigenvalue weighted by Gasteiger charge is -2.35. The Morgan fingerprint density at radius 3 is 2.25 bits per heavy atom. The van der Waals surface area contributed by atoms with Gasteiger partial charge in [-0.2, -0.15) is 0 Å². The van der Waals surface area contributed by atoms with E-state index in [1.807, 2.05) is 52.1 Å². The quantitative estimate of drug-likeness (QED) is 0.453. The van der Waals surface area contributed by atoms with E-state index >= 15 is 0 Å². The molecule has 48 heavy (non-hydrogen) atoms. The number of amides is 5. The van der Waals surface area contributed by atoms with Gasteiger partial charge in [-0.1, -0.05) is 12.1 Å². The largest absolute Gasteiger partial charge is 0.444 e. The molecule has 0 aliphatic carbocycles.